The Morgan fingerprint density at radius 1 is 1.03 bits per heavy atom. The van der Waals surface area contributed by atoms with E-state index in [-0.39, 0.29) is 29.2 Å². The molecule has 2 aliphatic heterocycles. The predicted octanol–water partition coefficient (Wildman–Crippen LogP) is 3.92. The molecule has 0 spiro atoms. The van der Waals surface area contributed by atoms with Crippen molar-refractivity contribution in [2.24, 2.45) is 5.92 Å². The van der Waals surface area contributed by atoms with Crippen molar-refractivity contribution in [1.82, 2.24) is 5.32 Å². The molecule has 0 bridgehead atoms. The van der Waals surface area contributed by atoms with Crippen molar-refractivity contribution >= 4 is 27.6 Å². The number of hydrogen-bond donors (Lipinski definition) is 1. The van der Waals surface area contributed by atoms with Gasteiger partial charge in [-0.1, -0.05) is 29.8 Å². The summed E-state index contributed by atoms with van der Waals surface area (Å²) in [6, 6.07) is 14.8. The van der Waals surface area contributed by atoms with Crippen LogP contribution in [0.5, 0.6) is 0 Å². The van der Waals surface area contributed by atoms with Gasteiger partial charge < -0.3 is 4.90 Å². The van der Waals surface area contributed by atoms with Crippen LogP contribution in [0.4, 0.5) is 5.69 Å². The Kier molecular flexibility index (Phi) is 7.68. The molecule has 182 valence electrons. The van der Waals surface area contributed by atoms with Gasteiger partial charge in [0.25, 0.3) is 10.1 Å². The lowest BCUT2D eigenvalue weighted by Crippen LogP contribution is -2.39. The average molecular weight is 485 g/mol. The Labute approximate surface area is 201 Å². The fourth-order valence-electron chi connectivity index (χ4n) is 4.74. The maximum absolute atomic E-state index is 12.3. The number of amides is 2. The van der Waals surface area contributed by atoms with Gasteiger partial charge in [-0.05, 0) is 74.8 Å². The van der Waals surface area contributed by atoms with E-state index in [1.165, 1.54) is 0 Å². The molecule has 2 heterocycles. The maximum atomic E-state index is 12.3. The molecule has 0 aromatic heterocycles. The van der Waals surface area contributed by atoms with E-state index in [0.717, 1.165) is 49.2 Å². The summed E-state index contributed by atoms with van der Waals surface area (Å²) >= 11 is 0. The minimum Gasteiger partial charge on any atom is -0.372 e. The lowest BCUT2D eigenvalue weighted by Gasteiger charge is -2.34. The Bertz CT molecular complexity index is 1120. The normalized spacial score (nSPS) is 19.8. The van der Waals surface area contributed by atoms with E-state index in [2.05, 4.69) is 22.3 Å². The van der Waals surface area contributed by atoms with Crippen LogP contribution in [-0.4, -0.2) is 39.9 Å². The van der Waals surface area contributed by atoms with Gasteiger partial charge >= 0.3 is 0 Å². The Balaban J connectivity index is 1.23. The number of carbonyl (C=O) groups excluding carboxylic acids is 2. The van der Waals surface area contributed by atoms with Crippen LogP contribution in [-0.2, 0) is 23.9 Å². The molecule has 7 nitrogen and oxygen atoms in total. The fourth-order valence-corrected chi connectivity index (χ4v) is 5.69. The van der Waals surface area contributed by atoms with Crippen molar-refractivity contribution in [2.45, 2.75) is 56.3 Å². The standard InChI is InChI=1S/C26H32N2O5S/c1-19-7-9-23(10-8-19)34(31,32)33-17-3-4-20-13-15-28(16-14-20)22-6-2-5-21(18-22)24-11-12-25(29)27-26(24)30/h2,5-10,18,20,24H,3-4,11-17H2,1H3,(H,27,29,30)/t24-/m0/s1. The van der Waals surface area contributed by atoms with E-state index in [0.29, 0.717) is 25.2 Å². The summed E-state index contributed by atoms with van der Waals surface area (Å²) in [5, 5.41) is 2.44. The van der Waals surface area contributed by atoms with Crippen molar-refractivity contribution in [3.05, 3.63) is 59.7 Å². The van der Waals surface area contributed by atoms with Gasteiger partial charge in [0.2, 0.25) is 11.8 Å². The van der Waals surface area contributed by atoms with Crippen LogP contribution in [0.1, 0.15) is 55.6 Å². The third-order valence-electron chi connectivity index (χ3n) is 6.80. The monoisotopic (exact) mass is 484 g/mol. The van der Waals surface area contributed by atoms with E-state index in [9.17, 15) is 18.0 Å². The Morgan fingerprint density at radius 3 is 2.47 bits per heavy atom. The number of nitrogens with one attached hydrogen (secondary N) is 1. The van der Waals surface area contributed by atoms with Gasteiger partial charge in [0.15, 0.2) is 0 Å². The zero-order chi connectivity index (χ0) is 24.1. The van der Waals surface area contributed by atoms with Crippen LogP contribution >= 0.6 is 0 Å². The molecule has 0 aliphatic carbocycles. The van der Waals surface area contributed by atoms with Gasteiger partial charge in [-0.25, -0.2) is 0 Å². The van der Waals surface area contributed by atoms with Gasteiger partial charge in [-0.3, -0.25) is 19.1 Å². The maximum Gasteiger partial charge on any atom is 0.296 e. The first-order chi connectivity index (χ1) is 16.3. The van der Waals surface area contributed by atoms with Crippen molar-refractivity contribution < 1.29 is 22.2 Å². The van der Waals surface area contributed by atoms with Gasteiger partial charge in [-0.15, -0.1) is 0 Å². The lowest BCUT2D eigenvalue weighted by atomic mass is 9.89. The smallest absolute Gasteiger partial charge is 0.296 e. The van der Waals surface area contributed by atoms with Gasteiger partial charge in [0.1, 0.15) is 0 Å². The number of hydrogen-bond acceptors (Lipinski definition) is 6. The Hall–Kier alpha value is -2.71. The van der Waals surface area contributed by atoms with E-state index >= 15 is 0 Å². The molecular formula is C26H32N2O5S. The number of piperidine rings is 2. The zero-order valence-electron chi connectivity index (χ0n) is 19.5. The van der Waals surface area contributed by atoms with Gasteiger partial charge in [0.05, 0.1) is 17.4 Å². The number of imide groups is 1. The first-order valence-corrected chi connectivity index (χ1v) is 13.4. The molecule has 1 N–H and O–H groups in total. The van der Waals surface area contributed by atoms with Crippen molar-refractivity contribution in [2.75, 3.05) is 24.6 Å². The molecule has 0 saturated carbocycles. The summed E-state index contributed by atoms with van der Waals surface area (Å²) in [5.41, 5.74) is 3.07. The van der Waals surface area contributed by atoms with E-state index < -0.39 is 10.1 Å². The minimum atomic E-state index is -3.70. The second-order valence-electron chi connectivity index (χ2n) is 9.26. The molecule has 2 aliphatic rings. The molecule has 2 amide bonds. The lowest BCUT2D eigenvalue weighted by molar-refractivity contribution is -0.134. The molecule has 0 radical (unpaired) electrons. The van der Waals surface area contributed by atoms with Gasteiger partial charge in [0, 0.05) is 25.2 Å². The van der Waals surface area contributed by atoms with Crippen LogP contribution in [0.2, 0.25) is 0 Å². The molecule has 8 heteroatoms. The van der Waals surface area contributed by atoms with Gasteiger partial charge in [-0.2, -0.15) is 8.42 Å². The van der Waals surface area contributed by atoms with Crippen LogP contribution in [0.15, 0.2) is 53.4 Å². The largest absolute Gasteiger partial charge is 0.372 e. The highest BCUT2D eigenvalue weighted by atomic mass is 32.2. The summed E-state index contributed by atoms with van der Waals surface area (Å²) in [5.74, 6) is -0.136. The number of carbonyl (C=O) groups is 2. The number of nitrogens with zero attached hydrogens (tertiary/aromatic N) is 1. The summed E-state index contributed by atoms with van der Waals surface area (Å²) in [7, 11) is -3.70. The van der Waals surface area contributed by atoms with Crippen molar-refractivity contribution in [3.8, 4) is 0 Å². The van der Waals surface area contributed by atoms with Crippen LogP contribution < -0.4 is 10.2 Å². The molecule has 2 saturated heterocycles. The number of aryl methyl sites for hydroxylation is 1. The second kappa shape index (κ2) is 10.7. The number of benzene rings is 2. The third-order valence-corrected chi connectivity index (χ3v) is 8.12. The molecule has 2 aromatic rings. The van der Waals surface area contributed by atoms with Crippen LogP contribution in [0, 0.1) is 12.8 Å². The highest BCUT2D eigenvalue weighted by Crippen LogP contribution is 2.31. The SMILES string of the molecule is Cc1ccc(S(=O)(=O)OCCCC2CCN(c3cccc([C@@H]4CCC(=O)NC4=O)c3)CC2)cc1. The molecule has 2 fully saturated rings. The average Bonchev–Trinajstić information content (AvgIpc) is 2.83. The number of rotatable bonds is 8. The topological polar surface area (TPSA) is 92.8 Å². The third kappa shape index (κ3) is 6.04. The first-order valence-electron chi connectivity index (χ1n) is 12.0. The molecule has 34 heavy (non-hydrogen) atoms. The fraction of sp³-hybridized carbons (Fsp3) is 0.462. The molecule has 2 aromatic carbocycles. The summed E-state index contributed by atoms with van der Waals surface area (Å²) in [6.07, 6.45) is 4.65. The molecule has 0 unspecified atom stereocenters. The van der Waals surface area contributed by atoms with E-state index in [4.69, 9.17) is 4.18 Å². The first kappa shape index (κ1) is 24.4. The van der Waals surface area contributed by atoms with Crippen LogP contribution in [0.25, 0.3) is 0 Å². The molecular weight excluding hydrogens is 452 g/mol. The highest BCUT2D eigenvalue weighted by Gasteiger charge is 2.28. The Morgan fingerprint density at radius 2 is 1.76 bits per heavy atom. The molecule has 1 atom stereocenters. The van der Waals surface area contributed by atoms with Crippen LogP contribution in [0.3, 0.4) is 0 Å². The summed E-state index contributed by atoms with van der Waals surface area (Å²) in [4.78, 5) is 26.2. The summed E-state index contributed by atoms with van der Waals surface area (Å²) in [6.45, 7) is 3.96. The molecule has 4 rings (SSSR count). The zero-order valence-corrected chi connectivity index (χ0v) is 20.4. The summed E-state index contributed by atoms with van der Waals surface area (Å²) < 4.78 is 29.8. The second-order valence-corrected chi connectivity index (χ2v) is 10.9. The minimum absolute atomic E-state index is 0.197. The van der Waals surface area contributed by atoms with Crippen molar-refractivity contribution in [1.29, 1.82) is 0 Å². The number of anilines is 1. The predicted molar refractivity (Wildman–Crippen MR) is 130 cm³/mol. The highest BCUT2D eigenvalue weighted by molar-refractivity contribution is 7.86. The van der Waals surface area contributed by atoms with Crippen molar-refractivity contribution in [3.63, 3.8) is 0 Å². The van der Waals surface area contributed by atoms with E-state index in [1.54, 1.807) is 24.3 Å². The quantitative estimate of drug-likeness (QED) is 0.347. The van der Waals surface area contributed by atoms with E-state index in [1.807, 2.05) is 19.1 Å².